The van der Waals surface area contributed by atoms with E-state index in [1.807, 2.05) is 12.1 Å². The molecule has 1 aromatic rings. The summed E-state index contributed by atoms with van der Waals surface area (Å²) < 4.78 is 13.0. The van der Waals surface area contributed by atoms with Gasteiger partial charge in [-0.1, -0.05) is 25.5 Å². The Hall–Kier alpha value is -0.930. The molecular formula is C16H25FN2. The van der Waals surface area contributed by atoms with Crippen molar-refractivity contribution in [3.63, 3.8) is 0 Å². The number of nitrogens with zero attached hydrogens (tertiary/aromatic N) is 1. The molecule has 0 amide bonds. The van der Waals surface area contributed by atoms with E-state index in [1.54, 1.807) is 12.1 Å². The molecule has 1 N–H and O–H groups in total. The molecule has 2 atom stereocenters. The Morgan fingerprint density at radius 3 is 2.63 bits per heavy atom. The first-order valence-electron chi connectivity index (χ1n) is 7.39. The lowest BCUT2D eigenvalue weighted by molar-refractivity contribution is 0.199. The van der Waals surface area contributed by atoms with E-state index in [1.165, 1.54) is 24.8 Å². The van der Waals surface area contributed by atoms with Crippen molar-refractivity contribution in [1.82, 2.24) is 10.2 Å². The van der Waals surface area contributed by atoms with Gasteiger partial charge < -0.3 is 5.32 Å². The highest BCUT2D eigenvalue weighted by molar-refractivity contribution is 5.20. The van der Waals surface area contributed by atoms with Crippen molar-refractivity contribution in [3.05, 3.63) is 35.6 Å². The first-order chi connectivity index (χ1) is 9.20. The third kappa shape index (κ3) is 4.02. The fourth-order valence-corrected chi connectivity index (χ4v) is 3.04. The highest BCUT2D eigenvalue weighted by Crippen LogP contribution is 2.24. The van der Waals surface area contributed by atoms with Crippen LogP contribution in [-0.2, 0) is 0 Å². The zero-order valence-corrected chi connectivity index (χ0v) is 12.0. The van der Waals surface area contributed by atoms with E-state index in [2.05, 4.69) is 24.2 Å². The molecule has 1 heterocycles. The zero-order valence-electron chi connectivity index (χ0n) is 12.0. The second-order valence-corrected chi connectivity index (χ2v) is 5.56. The Bertz CT molecular complexity index is 371. The van der Waals surface area contributed by atoms with Crippen LogP contribution in [0.3, 0.4) is 0 Å². The summed E-state index contributed by atoms with van der Waals surface area (Å²) in [5.41, 5.74) is 1.21. The fourth-order valence-electron chi connectivity index (χ4n) is 3.04. The van der Waals surface area contributed by atoms with E-state index in [9.17, 15) is 4.39 Å². The van der Waals surface area contributed by atoms with Gasteiger partial charge in [-0.2, -0.15) is 0 Å². The number of halogens is 1. The Morgan fingerprint density at radius 1 is 1.32 bits per heavy atom. The standard InChI is InChI=1S/C16H25FN2/c1-3-16(13-7-9-14(17)10-8-13)19(2)12-15-6-4-5-11-18-15/h7-10,15-16,18H,3-6,11-12H2,1-2H3. The maximum Gasteiger partial charge on any atom is 0.123 e. The molecule has 2 nitrogen and oxygen atoms in total. The van der Waals surface area contributed by atoms with Gasteiger partial charge in [-0.15, -0.1) is 0 Å². The molecule has 2 unspecified atom stereocenters. The maximum absolute atomic E-state index is 13.0. The molecule has 3 heteroatoms. The van der Waals surface area contributed by atoms with Crippen LogP contribution in [0.2, 0.25) is 0 Å². The molecule has 0 saturated carbocycles. The Balaban J connectivity index is 1.97. The molecule has 0 bridgehead atoms. The molecule has 1 saturated heterocycles. The minimum Gasteiger partial charge on any atom is -0.313 e. The topological polar surface area (TPSA) is 15.3 Å². The van der Waals surface area contributed by atoms with E-state index in [-0.39, 0.29) is 5.82 Å². The summed E-state index contributed by atoms with van der Waals surface area (Å²) in [4.78, 5) is 2.40. The van der Waals surface area contributed by atoms with E-state index in [4.69, 9.17) is 0 Å². The molecule has 1 aromatic carbocycles. The van der Waals surface area contributed by atoms with Gasteiger partial charge >= 0.3 is 0 Å². The smallest absolute Gasteiger partial charge is 0.123 e. The van der Waals surface area contributed by atoms with Crippen LogP contribution >= 0.6 is 0 Å². The van der Waals surface area contributed by atoms with Gasteiger partial charge in [0, 0.05) is 18.6 Å². The molecule has 1 aliphatic rings. The van der Waals surface area contributed by atoms with Gasteiger partial charge in [-0.25, -0.2) is 4.39 Å². The van der Waals surface area contributed by atoms with Crippen molar-refractivity contribution >= 4 is 0 Å². The lowest BCUT2D eigenvalue weighted by Gasteiger charge is -2.33. The molecule has 0 spiro atoms. The summed E-state index contributed by atoms with van der Waals surface area (Å²) in [7, 11) is 2.17. The SMILES string of the molecule is CCC(c1ccc(F)cc1)N(C)CC1CCCCN1. The second kappa shape index (κ2) is 7.01. The Labute approximate surface area is 116 Å². The Kier molecular flexibility index (Phi) is 5.34. The van der Waals surface area contributed by atoms with Gasteiger partial charge in [-0.05, 0) is 50.6 Å². The van der Waals surface area contributed by atoms with Crippen molar-refractivity contribution in [1.29, 1.82) is 0 Å². The largest absolute Gasteiger partial charge is 0.313 e. The minimum atomic E-state index is -0.157. The predicted molar refractivity (Wildman–Crippen MR) is 77.7 cm³/mol. The lowest BCUT2D eigenvalue weighted by Crippen LogP contribution is -2.43. The molecular weight excluding hydrogens is 239 g/mol. The molecule has 0 radical (unpaired) electrons. The molecule has 1 aliphatic heterocycles. The normalized spacial score (nSPS) is 21.6. The third-order valence-electron chi connectivity index (χ3n) is 4.09. The molecule has 106 valence electrons. The summed E-state index contributed by atoms with van der Waals surface area (Å²) in [5.74, 6) is -0.157. The van der Waals surface area contributed by atoms with Crippen LogP contribution in [0.25, 0.3) is 0 Å². The molecule has 2 rings (SSSR count). The van der Waals surface area contributed by atoms with Gasteiger partial charge in [0.1, 0.15) is 5.82 Å². The van der Waals surface area contributed by atoms with Gasteiger partial charge in [-0.3, -0.25) is 4.90 Å². The molecule has 0 aromatic heterocycles. The van der Waals surface area contributed by atoms with Crippen molar-refractivity contribution in [2.45, 2.75) is 44.7 Å². The quantitative estimate of drug-likeness (QED) is 0.877. The van der Waals surface area contributed by atoms with Crippen LogP contribution in [0.1, 0.15) is 44.2 Å². The van der Waals surface area contributed by atoms with Gasteiger partial charge in [0.25, 0.3) is 0 Å². The van der Waals surface area contributed by atoms with E-state index in [0.29, 0.717) is 12.1 Å². The summed E-state index contributed by atoms with van der Waals surface area (Å²) in [6, 6.07) is 7.93. The van der Waals surface area contributed by atoms with Crippen molar-refractivity contribution < 1.29 is 4.39 Å². The average Bonchev–Trinajstić information content (AvgIpc) is 2.43. The summed E-state index contributed by atoms with van der Waals surface area (Å²) in [6.07, 6.45) is 4.95. The lowest BCUT2D eigenvalue weighted by atomic mass is 10.0. The van der Waals surface area contributed by atoms with Crippen LogP contribution < -0.4 is 5.32 Å². The highest BCUT2D eigenvalue weighted by Gasteiger charge is 2.20. The number of nitrogens with one attached hydrogen (secondary N) is 1. The van der Waals surface area contributed by atoms with Crippen LogP contribution in [0.5, 0.6) is 0 Å². The number of benzene rings is 1. The highest BCUT2D eigenvalue weighted by atomic mass is 19.1. The first-order valence-corrected chi connectivity index (χ1v) is 7.39. The number of hydrogen-bond donors (Lipinski definition) is 1. The van der Waals surface area contributed by atoms with E-state index >= 15 is 0 Å². The van der Waals surface area contributed by atoms with Gasteiger partial charge in [0.15, 0.2) is 0 Å². The van der Waals surface area contributed by atoms with Crippen LogP contribution in [-0.4, -0.2) is 31.1 Å². The summed E-state index contributed by atoms with van der Waals surface area (Å²) in [5, 5.41) is 3.59. The Morgan fingerprint density at radius 2 is 2.05 bits per heavy atom. The predicted octanol–water partition coefficient (Wildman–Crippen LogP) is 3.35. The number of hydrogen-bond acceptors (Lipinski definition) is 2. The summed E-state index contributed by atoms with van der Waals surface area (Å²) in [6.45, 7) is 4.40. The number of piperidine rings is 1. The van der Waals surface area contributed by atoms with Crippen molar-refractivity contribution in [2.24, 2.45) is 0 Å². The van der Waals surface area contributed by atoms with Crippen molar-refractivity contribution in [2.75, 3.05) is 20.1 Å². The fraction of sp³-hybridized carbons (Fsp3) is 0.625. The maximum atomic E-state index is 13.0. The first kappa shape index (κ1) is 14.5. The number of likely N-dealkylation sites (N-methyl/N-ethyl adjacent to an activating group) is 1. The van der Waals surface area contributed by atoms with Crippen LogP contribution in [0.4, 0.5) is 4.39 Å². The molecule has 1 fully saturated rings. The summed E-state index contributed by atoms with van der Waals surface area (Å²) >= 11 is 0. The van der Waals surface area contributed by atoms with Crippen molar-refractivity contribution in [3.8, 4) is 0 Å². The van der Waals surface area contributed by atoms with E-state index in [0.717, 1.165) is 19.5 Å². The van der Waals surface area contributed by atoms with Crippen LogP contribution in [0, 0.1) is 5.82 Å². The molecule has 19 heavy (non-hydrogen) atoms. The monoisotopic (exact) mass is 264 g/mol. The third-order valence-corrected chi connectivity index (χ3v) is 4.09. The van der Waals surface area contributed by atoms with Gasteiger partial charge in [0.05, 0.1) is 0 Å². The molecule has 0 aliphatic carbocycles. The van der Waals surface area contributed by atoms with Gasteiger partial charge in [0.2, 0.25) is 0 Å². The zero-order chi connectivity index (χ0) is 13.7. The second-order valence-electron chi connectivity index (χ2n) is 5.56. The van der Waals surface area contributed by atoms with E-state index < -0.39 is 0 Å². The number of rotatable bonds is 5. The average molecular weight is 264 g/mol. The minimum absolute atomic E-state index is 0.157. The van der Waals surface area contributed by atoms with Crippen LogP contribution in [0.15, 0.2) is 24.3 Å².